The lowest BCUT2D eigenvalue weighted by atomic mass is 9.93. The monoisotopic (exact) mass is 272 g/mol. The molecule has 0 atom stereocenters. The van der Waals surface area contributed by atoms with E-state index in [2.05, 4.69) is 5.32 Å². The quantitative estimate of drug-likeness (QED) is 0.745. The lowest BCUT2D eigenvalue weighted by Gasteiger charge is -2.16. The second kappa shape index (κ2) is 7.01. The molecule has 0 saturated heterocycles. The van der Waals surface area contributed by atoms with Crippen LogP contribution in [-0.4, -0.2) is 24.7 Å². The summed E-state index contributed by atoms with van der Waals surface area (Å²) < 4.78 is 0. The Morgan fingerprint density at radius 3 is 2.40 bits per heavy atom. The molecule has 4 heteroatoms. The predicted octanol–water partition coefficient (Wildman–Crippen LogP) is 2.06. The number of ketones is 2. The number of nitrogens with two attached hydrogens (primary N) is 1. The van der Waals surface area contributed by atoms with Crippen molar-refractivity contribution >= 4 is 11.6 Å². The van der Waals surface area contributed by atoms with Crippen LogP contribution >= 0.6 is 0 Å². The van der Waals surface area contributed by atoms with E-state index in [1.807, 2.05) is 0 Å². The minimum absolute atomic E-state index is 0.0952. The largest absolute Gasteiger partial charge is 0.382 e. The zero-order valence-electron chi connectivity index (χ0n) is 11.5. The average Bonchev–Trinajstić information content (AvgIpc) is 2.47. The number of Topliss-reactive ketones (excluding diaryl/α,β-unsaturated/α-hetero) is 1. The summed E-state index contributed by atoms with van der Waals surface area (Å²) in [6, 6.07) is 6.94. The summed E-state index contributed by atoms with van der Waals surface area (Å²) >= 11 is 0. The van der Waals surface area contributed by atoms with Crippen LogP contribution in [0.4, 0.5) is 0 Å². The van der Waals surface area contributed by atoms with Crippen LogP contribution in [0, 0.1) is 0 Å². The first-order valence-corrected chi connectivity index (χ1v) is 7.07. The van der Waals surface area contributed by atoms with Crippen LogP contribution in [0.5, 0.6) is 0 Å². The highest BCUT2D eigenvalue weighted by Crippen LogP contribution is 2.19. The van der Waals surface area contributed by atoms with Crippen molar-refractivity contribution in [3.63, 3.8) is 0 Å². The number of unbranched alkanes of at least 4 members (excludes halogenated alkanes) is 3. The van der Waals surface area contributed by atoms with Crippen molar-refractivity contribution in [3.05, 3.63) is 47.2 Å². The maximum atomic E-state index is 12.2. The average molecular weight is 272 g/mol. The summed E-state index contributed by atoms with van der Waals surface area (Å²) in [6.07, 6.45) is 5.60. The highest BCUT2D eigenvalue weighted by Gasteiger charge is 2.24. The van der Waals surface area contributed by atoms with Gasteiger partial charge in [-0.3, -0.25) is 9.59 Å². The fraction of sp³-hybridized carbons (Fsp3) is 0.375. The van der Waals surface area contributed by atoms with Gasteiger partial charge in [-0.15, -0.1) is 0 Å². The molecule has 0 aliphatic heterocycles. The number of allylic oxidation sites excluding steroid dienone is 2. The molecule has 0 heterocycles. The highest BCUT2D eigenvalue weighted by molar-refractivity contribution is 6.24. The van der Waals surface area contributed by atoms with Gasteiger partial charge in [0, 0.05) is 23.7 Å². The Kier molecular flexibility index (Phi) is 5.07. The van der Waals surface area contributed by atoms with E-state index in [4.69, 9.17) is 5.73 Å². The Labute approximate surface area is 119 Å². The number of rotatable bonds is 7. The number of hydrogen-bond acceptors (Lipinski definition) is 4. The predicted molar refractivity (Wildman–Crippen MR) is 78.7 cm³/mol. The fourth-order valence-electron chi connectivity index (χ4n) is 2.29. The smallest absolute Gasteiger partial charge is 0.209 e. The normalized spacial score (nSPS) is 13.9. The van der Waals surface area contributed by atoms with Crippen molar-refractivity contribution in [1.29, 1.82) is 0 Å². The molecule has 1 aliphatic carbocycles. The maximum Gasteiger partial charge on any atom is 0.209 e. The van der Waals surface area contributed by atoms with Gasteiger partial charge in [-0.1, -0.05) is 37.1 Å². The van der Waals surface area contributed by atoms with E-state index in [-0.39, 0.29) is 11.6 Å². The van der Waals surface area contributed by atoms with Gasteiger partial charge in [0.25, 0.3) is 0 Å². The van der Waals surface area contributed by atoms with Crippen molar-refractivity contribution in [2.24, 2.45) is 5.73 Å². The third-order valence-electron chi connectivity index (χ3n) is 3.40. The first kappa shape index (κ1) is 14.5. The Morgan fingerprint density at radius 1 is 0.950 bits per heavy atom. The summed E-state index contributed by atoms with van der Waals surface area (Å²) in [4.78, 5) is 24.2. The fourth-order valence-corrected chi connectivity index (χ4v) is 2.29. The molecule has 0 amide bonds. The van der Waals surface area contributed by atoms with Crippen molar-refractivity contribution < 1.29 is 9.59 Å². The minimum Gasteiger partial charge on any atom is -0.382 e. The molecule has 0 unspecified atom stereocenters. The lowest BCUT2D eigenvalue weighted by Crippen LogP contribution is -2.27. The number of fused-ring (bicyclic) bond motifs is 1. The number of carbonyl (C=O) groups is 2. The maximum absolute atomic E-state index is 12.2. The summed E-state index contributed by atoms with van der Waals surface area (Å²) in [7, 11) is 0. The van der Waals surface area contributed by atoms with E-state index >= 15 is 0 Å². The molecule has 0 bridgehead atoms. The topological polar surface area (TPSA) is 72.2 Å². The molecule has 0 saturated carbocycles. The summed E-state index contributed by atoms with van der Waals surface area (Å²) in [5.41, 5.74) is 6.82. The van der Waals surface area contributed by atoms with Gasteiger partial charge in [-0.05, 0) is 19.4 Å². The third-order valence-corrected chi connectivity index (χ3v) is 3.40. The number of carbonyl (C=O) groups excluding carboxylic acids is 2. The molecular formula is C16H20N2O2. The van der Waals surface area contributed by atoms with Gasteiger partial charge in [-0.25, -0.2) is 0 Å². The van der Waals surface area contributed by atoms with Crippen LogP contribution in [-0.2, 0) is 0 Å². The molecular weight excluding hydrogens is 252 g/mol. The molecule has 1 aromatic rings. The first-order valence-electron chi connectivity index (χ1n) is 7.07. The minimum atomic E-state index is -0.106. The third kappa shape index (κ3) is 3.33. The molecule has 1 aromatic carbocycles. The van der Waals surface area contributed by atoms with Gasteiger partial charge in [0.1, 0.15) is 0 Å². The van der Waals surface area contributed by atoms with E-state index < -0.39 is 0 Å². The number of benzene rings is 1. The van der Waals surface area contributed by atoms with Crippen molar-refractivity contribution in [1.82, 2.24) is 5.32 Å². The van der Waals surface area contributed by atoms with Crippen LogP contribution in [0.15, 0.2) is 36.0 Å². The molecule has 0 aromatic heterocycles. The Morgan fingerprint density at radius 2 is 1.65 bits per heavy atom. The zero-order valence-corrected chi connectivity index (χ0v) is 11.5. The van der Waals surface area contributed by atoms with E-state index in [0.717, 1.165) is 32.2 Å². The van der Waals surface area contributed by atoms with Gasteiger partial charge in [0.15, 0.2) is 5.78 Å². The zero-order chi connectivity index (χ0) is 14.4. The van der Waals surface area contributed by atoms with Crippen molar-refractivity contribution in [2.75, 3.05) is 13.1 Å². The summed E-state index contributed by atoms with van der Waals surface area (Å²) in [5, 5.41) is 3.08. The van der Waals surface area contributed by atoms with E-state index in [1.54, 1.807) is 24.3 Å². The molecule has 0 radical (unpaired) electrons. The van der Waals surface area contributed by atoms with Gasteiger partial charge >= 0.3 is 0 Å². The van der Waals surface area contributed by atoms with E-state index in [0.29, 0.717) is 23.4 Å². The molecule has 2 rings (SSSR count). The molecule has 0 spiro atoms. The van der Waals surface area contributed by atoms with Crippen LogP contribution in [0.2, 0.25) is 0 Å². The Bertz CT molecular complexity index is 535. The van der Waals surface area contributed by atoms with Crippen LogP contribution in [0.25, 0.3) is 0 Å². The standard InChI is InChI=1S/C16H20N2O2/c17-9-5-1-2-6-10-18-14-11-15(19)12-7-3-4-8-13(12)16(14)20/h3-4,7-8,11,18H,1-2,5-6,9-10,17H2. The molecule has 4 nitrogen and oxygen atoms in total. The van der Waals surface area contributed by atoms with E-state index in [1.165, 1.54) is 6.08 Å². The van der Waals surface area contributed by atoms with Gasteiger partial charge in [0.05, 0.1) is 5.70 Å². The second-order valence-corrected chi connectivity index (χ2v) is 4.93. The second-order valence-electron chi connectivity index (χ2n) is 4.93. The van der Waals surface area contributed by atoms with Crippen molar-refractivity contribution in [2.45, 2.75) is 25.7 Å². The van der Waals surface area contributed by atoms with Crippen LogP contribution in [0.1, 0.15) is 46.4 Å². The Balaban J connectivity index is 1.91. The molecule has 1 aliphatic rings. The van der Waals surface area contributed by atoms with Crippen LogP contribution in [0.3, 0.4) is 0 Å². The summed E-state index contributed by atoms with van der Waals surface area (Å²) in [5.74, 6) is -0.201. The molecule has 106 valence electrons. The van der Waals surface area contributed by atoms with Crippen molar-refractivity contribution in [3.8, 4) is 0 Å². The van der Waals surface area contributed by atoms with Gasteiger partial charge in [0.2, 0.25) is 5.78 Å². The highest BCUT2D eigenvalue weighted by atomic mass is 16.1. The number of nitrogens with one attached hydrogen (secondary N) is 1. The molecule has 0 fully saturated rings. The van der Waals surface area contributed by atoms with E-state index in [9.17, 15) is 9.59 Å². The SMILES string of the molecule is NCCCCCCNC1=CC(=O)c2ccccc2C1=O. The first-order chi connectivity index (χ1) is 9.74. The lowest BCUT2D eigenvalue weighted by molar-refractivity contribution is 0.0978. The molecule has 3 N–H and O–H groups in total. The summed E-state index contributed by atoms with van der Waals surface area (Å²) in [6.45, 7) is 1.43. The van der Waals surface area contributed by atoms with Crippen LogP contribution < -0.4 is 11.1 Å². The van der Waals surface area contributed by atoms with Gasteiger partial charge in [-0.2, -0.15) is 0 Å². The Hall–Kier alpha value is -1.94. The van der Waals surface area contributed by atoms with Gasteiger partial charge < -0.3 is 11.1 Å². The molecule has 20 heavy (non-hydrogen) atoms. The number of hydrogen-bond donors (Lipinski definition) is 2.